The largest absolute Gasteiger partial charge is 0.497 e. The van der Waals surface area contributed by atoms with Crippen molar-refractivity contribution >= 4 is 11.9 Å². The zero-order valence-electron chi connectivity index (χ0n) is 11.9. The van der Waals surface area contributed by atoms with Gasteiger partial charge in [-0.15, -0.1) is 0 Å². The van der Waals surface area contributed by atoms with E-state index in [-0.39, 0.29) is 0 Å². The highest BCUT2D eigenvalue weighted by molar-refractivity contribution is 5.87. The van der Waals surface area contributed by atoms with Gasteiger partial charge >= 0.3 is 0 Å². The van der Waals surface area contributed by atoms with Crippen LogP contribution in [0, 0.1) is 0 Å². The van der Waals surface area contributed by atoms with Crippen molar-refractivity contribution in [1.82, 2.24) is 0 Å². The maximum atomic E-state index is 5.34. The fourth-order valence-electron chi connectivity index (χ4n) is 3.28. The molecule has 102 valence electrons. The Morgan fingerprint density at radius 2 is 2.00 bits per heavy atom. The average molecular weight is 259 g/mol. The summed E-state index contributed by atoms with van der Waals surface area (Å²) >= 11 is 0. The first-order valence-corrected chi connectivity index (χ1v) is 7.28. The fourth-order valence-corrected chi connectivity index (χ4v) is 3.28. The molecule has 1 heterocycles. The molecule has 0 atom stereocenters. The van der Waals surface area contributed by atoms with Gasteiger partial charge in [0.15, 0.2) is 12.3 Å². The Morgan fingerprint density at radius 3 is 2.74 bits per heavy atom. The second kappa shape index (κ2) is 5.24. The average Bonchev–Trinajstić information content (AvgIpc) is 2.47. The molecule has 19 heavy (non-hydrogen) atoms. The van der Waals surface area contributed by atoms with E-state index in [1.165, 1.54) is 43.4 Å². The topological polar surface area (TPSA) is 15.5 Å². The first-order valence-electron chi connectivity index (χ1n) is 7.28. The lowest BCUT2D eigenvalue weighted by Crippen LogP contribution is -2.40. The van der Waals surface area contributed by atoms with Crippen LogP contribution >= 0.6 is 0 Å². The fraction of sp³-hybridized carbons (Fsp3) is 0.562. The van der Waals surface area contributed by atoms with Gasteiger partial charge in [-0.3, -0.25) is 0 Å². The van der Waals surface area contributed by atoms with E-state index in [2.05, 4.69) is 34.9 Å². The third-order valence-corrected chi connectivity index (χ3v) is 4.37. The highest BCUT2D eigenvalue weighted by Gasteiger charge is 2.28. The zero-order chi connectivity index (χ0) is 13.2. The third-order valence-electron chi connectivity index (χ3n) is 4.37. The number of methoxy groups -OCH3 is 1. The van der Waals surface area contributed by atoms with Crippen molar-refractivity contribution in [3.8, 4) is 5.75 Å². The third kappa shape index (κ3) is 2.46. The molecule has 0 bridgehead atoms. The molecule has 0 radical (unpaired) electrons. The van der Waals surface area contributed by atoms with Gasteiger partial charge in [-0.25, -0.2) is 4.58 Å². The van der Waals surface area contributed by atoms with Crippen LogP contribution in [0.4, 0.5) is 5.69 Å². The lowest BCUT2D eigenvalue weighted by atomic mass is 9.94. The van der Waals surface area contributed by atoms with Crippen LogP contribution in [0.5, 0.6) is 5.75 Å². The highest BCUT2D eigenvalue weighted by Crippen LogP contribution is 2.28. The molecule has 3 rings (SSSR count). The van der Waals surface area contributed by atoms with Crippen LogP contribution in [-0.2, 0) is 0 Å². The quantitative estimate of drug-likeness (QED) is 0.759. The van der Waals surface area contributed by atoms with Crippen molar-refractivity contribution in [1.29, 1.82) is 0 Å². The van der Waals surface area contributed by atoms with Crippen LogP contribution < -0.4 is 9.64 Å². The molecule has 1 aromatic rings. The van der Waals surface area contributed by atoms with Crippen LogP contribution in [0.15, 0.2) is 18.2 Å². The normalized spacial score (nSPS) is 19.9. The van der Waals surface area contributed by atoms with Crippen LogP contribution in [0.3, 0.4) is 0 Å². The Balaban J connectivity index is 1.92. The van der Waals surface area contributed by atoms with Gasteiger partial charge in [0.05, 0.1) is 18.4 Å². The number of hydrogen-bond donors (Lipinski definition) is 0. The molecule has 0 N–H and O–H groups in total. The minimum atomic E-state index is 0.718. The number of anilines is 1. The molecule has 3 heteroatoms. The molecule has 1 fully saturated rings. The number of nitrogens with zero attached hydrogens (tertiary/aromatic N) is 2. The van der Waals surface area contributed by atoms with Gasteiger partial charge in [-0.05, 0) is 31.0 Å². The minimum absolute atomic E-state index is 0.718. The van der Waals surface area contributed by atoms with E-state index >= 15 is 0 Å². The predicted octanol–water partition coefficient (Wildman–Crippen LogP) is 2.87. The summed E-state index contributed by atoms with van der Waals surface area (Å²) in [5.41, 5.74) is 2.58. The van der Waals surface area contributed by atoms with Crippen molar-refractivity contribution in [2.45, 2.75) is 38.1 Å². The van der Waals surface area contributed by atoms with E-state index in [9.17, 15) is 0 Å². The molecule has 1 aromatic carbocycles. The van der Waals surface area contributed by atoms with Crippen molar-refractivity contribution in [2.75, 3.05) is 25.7 Å². The first-order chi connectivity index (χ1) is 9.28. The molecule has 3 nitrogen and oxygen atoms in total. The van der Waals surface area contributed by atoms with E-state index in [0.29, 0.717) is 0 Å². The van der Waals surface area contributed by atoms with E-state index in [4.69, 9.17) is 4.74 Å². The van der Waals surface area contributed by atoms with Crippen molar-refractivity contribution < 1.29 is 9.31 Å². The van der Waals surface area contributed by atoms with Crippen molar-refractivity contribution in [2.24, 2.45) is 0 Å². The van der Waals surface area contributed by atoms with Crippen LogP contribution in [0.1, 0.15) is 37.7 Å². The van der Waals surface area contributed by atoms with E-state index in [1.807, 2.05) is 6.07 Å². The molecule has 0 saturated heterocycles. The Kier molecular flexibility index (Phi) is 3.45. The summed E-state index contributed by atoms with van der Waals surface area (Å²) in [5.74, 6) is 0.939. The number of hydrogen-bond acceptors (Lipinski definition) is 2. The highest BCUT2D eigenvalue weighted by atomic mass is 16.5. The lowest BCUT2D eigenvalue weighted by molar-refractivity contribution is -0.565. The summed E-state index contributed by atoms with van der Waals surface area (Å²) in [6.45, 7) is 1.00. The molecular weight excluding hydrogens is 236 g/mol. The molecular formula is C16H23N2O+. The zero-order valence-corrected chi connectivity index (χ0v) is 11.9. The molecule has 0 aromatic heterocycles. The predicted molar refractivity (Wildman–Crippen MR) is 78.6 cm³/mol. The van der Waals surface area contributed by atoms with Crippen LogP contribution in [-0.4, -0.2) is 37.7 Å². The van der Waals surface area contributed by atoms with E-state index in [0.717, 1.165) is 18.5 Å². The molecule has 1 aliphatic carbocycles. The molecule has 0 amide bonds. The van der Waals surface area contributed by atoms with Gasteiger partial charge in [-0.1, -0.05) is 6.42 Å². The molecule has 1 saturated carbocycles. The van der Waals surface area contributed by atoms with Gasteiger partial charge in [-0.2, -0.15) is 0 Å². The summed E-state index contributed by atoms with van der Waals surface area (Å²) in [4.78, 5) is 2.34. The van der Waals surface area contributed by atoms with Crippen LogP contribution in [0.25, 0.3) is 0 Å². The maximum Gasteiger partial charge on any atom is 0.218 e. The molecule has 2 aliphatic rings. The Hall–Kier alpha value is -1.51. The SMILES string of the molecule is COc1ccc2c(c1)C=[N+](C1CCCCC1)CN2C. The number of benzene rings is 1. The first kappa shape index (κ1) is 12.5. The smallest absolute Gasteiger partial charge is 0.218 e. The van der Waals surface area contributed by atoms with Gasteiger partial charge in [0.25, 0.3) is 0 Å². The summed E-state index contributed by atoms with van der Waals surface area (Å²) in [5, 5.41) is 0. The Labute approximate surface area is 115 Å². The summed E-state index contributed by atoms with van der Waals surface area (Å²) in [6.07, 6.45) is 9.17. The standard InChI is InChI=1S/C16H23N2O/c1-17-12-18(14-6-4-3-5-7-14)11-13-10-15(19-2)8-9-16(13)17/h8-11,14H,3-7,12H2,1-2H3/q+1. The van der Waals surface area contributed by atoms with Crippen molar-refractivity contribution in [3.05, 3.63) is 23.8 Å². The summed E-state index contributed by atoms with van der Waals surface area (Å²) < 4.78 is 7.85. The summed E-state index contributed by atoms with van der Waals surface area (Å²) in [6, 6.07) is 7.05. The van der Waals surface area contributed by atoms with Crippen molar-refractivity contribution in [3.63, 3.8) is 0 Å². The minimum Gasteiger partial charge on any atom is -0.497 e. The molecule has 1 aliphatic heterocycles. The maximum absolute atomic E-state index is 5.34. The second-order valence-corrected chi connectivity index (χ2v) is 5.70. The Bertz CT molecular complexity index is 490. The van der Waals surface area contributed by atoms with E-state index < -0.39 is 0 Å². The second-order valence-electron chi connectivity index (χ2n) is 5.70. The monoisotopic (exact) mass is 259 g/mol. The van der Waals surface area contributed by atoms with Gasteiger partial charge in [0, 0.05) is 19.9 Å². The Morgan fingerprint density at radius 1 is 1.21 bits per heavy atom. The molecule has 0 spiro atoms. The number of fused-ring (bicyclic) bond motifs is 1. The van der Waals surface area contributed by atoms with Gasteiger partial charge in [0.2, 0.25) is 6.67 Å². The van der Waals surface area contributed by atoms with Crippen LogP contribution in [0.2, 0.25) is 0 Å². The van der Waals surface area contributed by atoms with Gasteiger partial charge < -0.3 is 9.64 Å². The van der Waals surface area contributed by atoms with E-state index in [1.54, 1.807) is 7.11 Å². The number of rotatable bonds is 2. The molecule has 0 unspecified atom stereocenters. The summed E-state index contributed by atoms with van der Waals surface area (Å²) in [7, 11) is 3.90. The lowest BCUT2D eigenvalue weighted by Gasteiger charge is -2.28. The number of ether oxygens (including phenoxy) is 1. The van der Waals surface area contributed by atoms with Gasteiger partial charge in [0.1, 0.15) is 5.75 Å².